The minimum atomic E-state index is 0.577. The number of aromatic nitrogens is 2. The summed E-state index contributed by atoms with van der Waals surface area (Å²) >= 11 is 2.25. The average Bonchev–Trinajstić information content (AvgIpc) is 2.61. The smallest absolute Gasteiger partial charge is 0.248 e. The lowest BCUT2D eigenvalue weighted by molar-refractivity contribution is 0.568. The number of aryl methyl sites for hydroxylation is 1. The van der Waals surface area contributed by atoms with E-state index in [0.29, 0.717) is 5.89 Å². The first-order chi connectivity index (χ1) is 6.27. The van der Waals surface area contributed by atoms with Crippen molar-refractivity contribution < 1.29 is 4.42 Å². The maximum atomic E-state index is 5.13. The van der Waals surface area contributed by atoms with Crippen LogP contribution in [0.1, 0.15) is 5.56 Å². The molecule has 1 aromatic carbocycles. The van der Waals surface area contributed by atoms with Crippen LogP contribution in [-0.4, -0.2) is 10.2 Å². The summed E-state index contributed by atoms with van der Waals surface area (Å²) in [5, 5.41) is 7.52. The fourth-order valence-electron chi connectivity index (χ4n) is 1.09. The van der Waals surface area contributed by atoms with Gasteiger partial charge in [0.15, 0.2) is 0 Å². The quantitative estimate of drug-likeness (QED) is 0.756. The zero-order valence-electron chi connectivity index (χ0n) is 6.99. The number of hydrogen-bond donors (Lipinski definition) is 0. The van der Waals surface area contributed by atoms with Crippen LogP contribution in [0.5, 0.6) is 0 Å². The van der Waals surface area contributed by atoms with Crippen molar-refractivity contribution in [3.8, 4) is 11.5 Å². The van der Waals surface area contributed by atoms with Crippen molar-refractivity contribution in [3.63, 3.8) is 0 Å². The van der Waals surface area contributed by atoms with Gasteiger partial charge in [-0.05, 0) is 41.6 Å². The second-order valence-electron chi connectivity index (χ2n) is 2.73. The van der Waals surface area contributed by atoms with Crippen LogP contribution in [0.25, 0.3) is 11.5 Å². The van der Waals surface area contributed by atoms with Crippen LogP contribution >= 0.6 is 22.6 Å². The highest BCUT2D eigenvalue weighted by Crippen LogP contribution is 2.23. The molecule has 66 valence electrons. The molecule has 0 aliphatic carbocycles. The maximum Gasteiger partial charge on any atom is 0.248 e. The minimum Gasteiger partial charge on any atom is -0.423 e. The second-order valence-corrected chi connectivity index (χ2v) is 3.89. The minimum absolute atomic E-state index is 0.577. The lowest BCUT2D eigenvalue weighted by Crippen LogP contribution is -1.84. The fraction of sp³-hybridized carbons (Fsp3) is 0.111. The predicted octanol–water partition coefficient (Wildman–Crippen LogP) is 2.65. The van der Waals surface area contributed by atoms with E-state index in [4.69, 9.17) is 4.42 Å². The number of halogens is 1. The molecule has 0 atom stereocenters. The second kappa shape index (κ2) is 3.45. The van der Waals surface area contributed by atoms with Crippen molar-refractivity contribution in [2.24, 2.45) is 0 Å². The normalized spacial score (nSPS) is 10.3. The highest BCUT2D eigenvalue weighted by molar-refractivity contribution is 14.1. The van der Waals surface area contributed by atoms with Crippen LogP contribution in [0, 0.1) is 10.5 Å². The first-order valence-corrected chi connectivity index (χ1v) is 4.88. The van der Waals surface area contributed by atoms with Crippen molar-refractivity contribution in [1.82, 2.24) is 10.2 Å². The van der Waals surface area contributed by atoms with E-state index in [2.05, 4.69) is 38.9 Å². The summed E-state index contributed by atoms with van der Waals surface area (Å²) < 4.78 is 6.25. The number of nitrogens with zero attached hydrogens (tertiary/aromatic N) is 2. The topological polar surface area (TPSA) is 38.9 Å². The van der Waals surface area contributed by atoms with Gasteiger partial charge in [-0.1, -0.05) is 11.6 Å². The standard InChI is InChI=1S/C9H7IN2O/c1-6-2-3-8(10)7(4-6)9-12-11-5-13-9/h2-5H,1H3. The summed E-state index contributed by atoms with van der Waals surface area (Å²) in [5.41, 5.74) is 2.19. The van der Waals surface area contributed by atoms with Gasteiger partial charge in [0, 0.05) is 3.57 Å². The number of benzene rings is 1. The third-order valence-electron chi connectivity index (χ3n) is 1.71. The Bertz CT molecular complexity index is 412. The molecule has 0 unspecified atom stereocenters. The Balaban J connectivity index is 2.57. The van der Waals surface area contributed by atoms with Crippen molar-refractivity contribution in [2.45, 2.75) is 6.92 Å². The van der Waals surface area contributed by atoms with E-state index in [-0.39, 0.29) is 0 Å². The van der Waals surface area contributed by atoms with Gasteiger partial charge >= 0.3 is 0 Å². The van der Waals surface area contributed by atoms with E-state index in [0.717, 1.165) is 9.13 Å². The first kappa shape index (κ1) is 8.68. The summed E-state index contributed by atoms with van der Waals surface area (Å²) in [6.45, 7) is 2.04. The van der Waals surface area contributed by atoms with Gasteiger partial charge in [-0.2, -0.15) is 0 Å². The maximum absolute atomic E-state index is 5.13. The van der Waals surface area contributed by atoms with Crippen molar-refractivity contribution in [1.29, 1.82) is 0 Å². The molecule has 4 heteroatoms. The van der Waals surface area contributed by atoms with Gasteiger partial charge in [-0.25, -0.2) is 0 Å². The Labute approximate surface area is 89.3 Å². The largest absolute Gasteiger partial charge is 0.423 e. The highest BCUT2D eigenvalue weighted by atomic mass is 127. The monoisotopic (exact) mass is 286 g/mol. The van der Waals surface area contributed by atoms with Crippen LogP contribution in [0.2, 0.25) is 0 Å². The van der Waals surface area contributed by atoms with E-state index in [1.54, 1.807) is 0 Å². The molecule has 0 N–H and O–H groups in total. The summed E-state index contributed by atoms with van der Waals surface area (Å²) in [7, 11) is 0. The van der Waals surface area contributed by atoms with Crippen molar-refractivity contribution >= 4 is 22.6 Å². The predicted molar refractivity (Wildman–Crippen MR) is 57.2 cm³/mol. The van der Waals surface area contributed by atoms with Crippen LogP contribution in [0.4, 0.5) is 0 Å². The van der Waals surface area contributed by atoms with E-state index in [1.165, 1.54) is 12.0 Å². The molecule has 0 amide bonds. The molecular weight excluding hydrogens is 279 g/mol. The molecule has 3 nitrogen and oxygen atoms in total. The third-order valence-corrected chi connectivity index (χ3v) is 2.65. The lowest BCUT2D eigenvalue weighted by Gasteiger charge is -1.99. The highest BCUT2D eigenvalue weighted by Gasteiger charge is 2.07. The zero-order chi connectivity index (χ0) is 9.26. The number of rotatable bonds is 1. The van der Waals surface area contributed by atoms with Gasteiger partial charge in [0.05, 0.1) is 5.56 Å². The Morgan fingerprint density at radius 2 is 2.23 bits per heavy atom. The molecule has 2 aromatic rings. The molecule has 0 aliphatic rings. The molecule has 2 rings (SSSR count). The number of hydrogen-bond acceptors (Lipinski definition) is 3. The Morgan fingerprint density at radius 1 is 1.38 bits per heavy atom. The van der Waals surface area contributed by atoms with E-state index in [9.17, 15) is 0 Å². The van der Waals surface area contributed by atoms with Crippen LogP contribution < -0.4 is 0 Å². The third kappa shape index (κ3) is 1.72. The Kier molecular flexibility index (Phi) is 2.30. The van der Waals surface area contributed by atoms with E-state index >= 15 is 0 Å². The van der Waals surface area contributed by atoms with Gasteiger partial charge < -0.3 is 4.42 Å². The van der Waals surface area contributed by atoms with Crippen LogP contribution in [0.15, 0.2) is 29.0 Å². The Hall–Kier alpha value is -0.910. The van der Waals surface area contributed by atoms with Gasteiger partial charge in [-0.3, -0.25) is 0 Å². The molecule has 0 bridgehead atoms. The van der Waals surface area contributed by atoms with Crippen molar-refractivity contribution in [2.75, 3.05) is 0 Å². The molecule has 0 saturated carbocycles. The average molecular weight is 286 g/mol. The summed E-state index contributed by atoms with van der Waals surface area (Å²) in [5.74, 6) is 0.577. The molecule has 0 spiro atoms. The van der Waals surface area contributed by atoms with Crippen molar-refractivity contribution in [3.05, 3.63) is 33.7 Å². The summed E-state index contributed by atoms with van der Waals surface area (Å²) in [6, 6.07) is 6.13. The van der Waals surface area contributed by atoms with Crippen LogP contribution in [-0.2, 0) is 0 Å². The molecule has 1 heterocycles. The van der Waals surface area contributed by atoms with Gasteiger partial charge in [0.1, 0.15) is 0 Å². The zero-order valence-corrected chi connectivity index (χ0v) is 9.15. The molecule has 0 saturated heterocycles. The SMILES string of the molecule is Cc1ccc(I)c(-c2nnco2)c1. The molecule has 0 radical (unpaired) electrons. The van der Waals surface area contributed by atoms with Gasteiger partial charge in [-0.15, -0.1) is 10.2 Å². The summed E-state index contributed by atoms with van der Waals surface area (Å²) in [4.78, 5) is 0. The molecular formula is C9H7IN2O. The molecule has 0 aliphatic heterocycles. The first-order valence-electron chi connectivity index (χ1n) is 3.80. The lowest BCUT2D eigenvalue weighted by atomic mass is 10.1. The van der Waals surface area contributed by atoms with Crippen LogP contribution in [0.3, 0.4) is 0 Å². The molecule has 1 aromatic heterocycles. The fourth-order valence-corrected chi connectivity index (χ4v) is 1.66. The van der Waals surface area contributed by atoms with Gasteiger partial charge in [0.25, 0.3) is 0 Å². The molecule has 0 fully saturated rings. The van der Waals surface area contributed by atoms with E-state index < -0.39 is 0 Å². The molecule has 13 heavy (non-hydrogen) atoms. The Morgan fingerprint density at radius 3 is 2.92 bits per heavy atom. The van der Waals surface area contributed by atoms with Gasteiger partial charge in [0.2, 0.25) is 12.3 Å². The van der Waals surface area contributed by atoms with E-state index in [1.807, 2.05) is 19.1 Å². The summed E-state index contributed by atoms with van der Waals surface area (Å²) in [6.07, 6.45) is 1.34.